The Morgan fingerprint density at radius 1 is 1.23 bits per heavy atom. The van der Waals surface area contributed by atoms with Crippen molar-refractivity contribution in [3.8, 4) is 0 Å². The van der Waals surface area contributed by atoms with Crippen LogP contribution in [0.1, 0.15) is 5.56 Å². The smallest absolute Gasteiger partial charge is 0.244 e. The molecular formula is C11H11ClO. The van der Waals surface area contributed by atoms with Gasteiger partial charge in [-0.25, -0.2) is 0 Å². The largest absolute Gasteiger partial charge is 0.276 e. The molecule has 0 bridgehead atoms. The molecule has 0 radical (unpaired) electrons. The number of allylic oxidation sites excluding steroid dienone is 1. The first-order chi connectivity index (χ1) is 6.20. The lowest BCUT2D eigenvalue weighted by Crippen LogP contribution is -1.67. The summed E-state index contributed by atoms with van der Waals surface area (Å²) in [6, 6.07) is 10.0. The lowest BCUT2D eigenvalue weighted by molar-refractivity contribution is -0.107. The Kier molecular flexibility index (Phi) is 6.56. The number of carbonyl (C=O) groups excluding carboxylic acids is 1. The lowest BCUT2D eigenvalue weighted by atomic mass is 10.2. The first-order valence-corrected chi connectivity index (χ1v) is 4.08. The topological polar surface area (TPSA) is 17.1 Å². The molecule has 0 amide bonds. The van der Waals surface area contributed by atoms with Gasteiger partial charge < -0.3 is 0 Å². The van der Waals surface area contributed by atoms with Crippen molar-refractivity contribution in [1.82, 2.24) is 0 Å². The van der Waals surface area contributed by atoms with E-state index >= 15 is 0 Å². The van der Waals surface area contributed by atoms with Crippen LogP contribution in [0.3, 0.4) is 0 Å². The van der Waals surface area contributed by atoms with E-state index in [0.717, 1.165) is 6.08 Å². The summed E-state index contributed by atoms with van der Waals surface area (Å²) in [6.07, 6.45) is 2.88. The first kappa shape index (κ1) is 11.7. The standard InChI is InChI=1S/C8H8.C3H3ClO/c1-2-8-6-4-3-5-7-8;1-2-3(4)5/h2-7H,1H2;2H,1H2. The number of rotatable bonds is 2. The molecule has 0 atom stereocenters. The molecule has 0 aliphatic heterocycles. The number of halogens is 1. The van der Waals surface area contributed by atoms with Crippen LogP contribution in [0.5, 0.6) is 0 Å². The molecule has 0 fully saturated rings. The molecule has 1 aromatic carbocycles. The van der Waals surface area contributed by atoms with Crippen LogP contribution in [0.25, 0.3) is 6.08 Å². The highest BCUT2D eigenvalue weighted by molar-refractivity contribution is 6.66. The van der Waals surface area contributed by atoms with Crippen molar-refractivity contribution >= 4 is 22.9 Å². The average molecular weight is 195 g/mol. The van der Waals surface area contributed by atoms with Gasteiger partial charge in [-0.05, 0) is 23.2 Å². The summed E-state index contributed by atoms with van der Waals surface area (Å²) >= 11 is 4.71. The summed E-state index contributed by atoms with van der Waals surface area (Å²) in [5.41, 5.74) is 1.17. The van der Waals surface area contributed by atoms with Gasteiger partial charge in [0.25, 0.3) is 0 Å². The van der Waals surface area contributed by atoms with E-state index in [2.05, 4.69) is 13.2 Å². The maximum atomic E-state index is 9.46. The third kappa shape index (κ3) is 7.04. The molecule has 1 aromatic rings. The predicted octanol–water partition coefficient (Wildman–Crippen LogP) is 3.27. The molecule has 0 N–H and O–H groups in total. The van der Waals surface area contributed by atoms with Crippen LogP contribution in [0.15, 0.2) is 49.6 Å². The van der Waals surface area contributed by atoms with Gasteiger partial charge in [0.1, 0.15) is 0 Å². The quantitative estimate of drug-likeness (QED) is 0.522. The Morgan fingerprint density at radius 2 is 1.69 bits per heavy atom. The number of hydrogen-bond acceptors (Lipinski definition) is 1. The Morgan fingerprint density at radius 3 is 1.92 bits per heavy atom. The molecule has 0 saturated carbocycles. The van der Waals surface area contributed by atoms with Crippen molar-refractivity contribution in [2.75, 3.05) is 0 Å². The van der Waals surface area contributed by atoms with Gasteiger partial charge in [0.05, 0.1) is 0 Å². The molecule has 1 nitrogen and oxygen atoms in total. The second kappa shape index (κ2) is 7.32. The summed E-state index contributed by atoms with van der Waals surface area (Å²) in [4.78, 5) is 9.46. The highest BCUT2D eigenvalue weighted by Crippen LogP contribution is 1.97. The van der Waals surface area contributed by atoms with Crippen molar-refractivity contribution in [3.05, 3.63) is 55.1 Å². The molecule has 0 heterocycles. The fraction of sp³-hybridized carbons (Fsp3) is 0. The van der Waals surface area contributed by atoms with Crippen LogP contribution in [0.2, 0.25) is 0 Å². The summed E-state index contributed by atoms with van der Waals surface area (Å²) in [6.45, 7) is 6.71. The Hall–Kier alpha value is -1.34. The average Bonchev–Trinajstić information content (AvgIpc) is 2.20. The number of carbonyl (C=O) groups is 1. The van der Waals surface area contributed by atoms with E-state index in [4.69, 9.17) is 11.6 Å². The summed E-state index contributed by atoms with van der Waals surface area (Å²) in [5.74, 6) is 0. The molecule has 2 heteroatoms. The fourth-order valence-corrected chi connectivity index (χ4v) is 0.589. The van der Waals surface area contributed by atoms with E-state index in [1.165, 1.54) is 5.56 Å². The molecule has 0 aliphatic carbocycles. The highest BCUT2D eigenvalue weighted by Gasteiger charge is 1.75. The minimum absolute atomic E-state index is 0.509. The van der Waals surface area contributed by atoms with E-state index < -0.39 is 5.24 Å². The van der Waals surface area contributed by atoms with Crippen LogP contribution in [0, 0.1) is 0 Å². The highest BCUT2D eigenvalue weighted by atomic mass is 35.5. The zero-order valence-corrected chi connectivity index (χ0v) is 8.00. The number of hydrogen-bond donors (Lipinski definition) is 0. The molecule has 0 aliphatic rings. The number of benzene rings is 1. The molecule has 13 heavy (non-hydrogen) atoms. The van der Waals surface area contributed by atoms with Gasteiger partial charge in [-0.1, -0.05) is 49.6 Å². The van der Waals surface area contributed by atoms with Gasteiger partial charge in [0.2, 0.25) is 5.24 Å². The van der Waals surface area contributed by atoms with Crippen molar-refractivity contribution in [1.29, 1.82) is 0 Å². The zero-order valence-electron chi connectivity index (χ0n) is 7.24. The third-order valence-corrected chi connectivity index (χ3v) is 1.35. The second-order valence-electron chi connectivity index (χ2n) is 2.12. The van der Waals surface area contributed by atoms with E-state index in [-0.39, 0.29) is 0 Å². The maximum absolute atomic E-state index is 9.46. The van der Waals surface area contributed by atoms with Crippen LogP contribution in [0.4, 0.5) is 0 Å². The van der Waals surface area contributed by atoms with Gasteiger partial charge >= 0.3 is 0 Å². The Balaban J connectivity index is 0.000000252. The summed E-state index contributed by atoms with van der Waals surface area (Å²) in [7, 11) is 0. The molecule has 0 spiro atoms. The molecule has 0 aromatic heterocycles. The van der Waals surface area contributed by atoms with Gasteiger partial charge in [0, 0.05) is 0 Å². The van der Waals surface area contributed by atoms with Gasteiger partial charge in [-0.15, -0.1) is 0 Å². The summed E-state index contributed by atoms with van der Waals surface area (Å²) < 4.78 is 0. The lowest BCUT2D eigenvalue weighted by Gasteiger charge is -1.85. The molecular weight excluding hydrogens is 184 g/mol. The minimum Gasteiger partial charge on any atom is -0.276 e. The normalized spacial score (nSPS) is 7.77. The first-order valence-electron chi connectivity index (χ1n) is 3.70. The monoisotopic (exact) mass is 194 g/mol. The van der Waals surface area contributed by atoms with E-state index in [1.54, 1.807) is 0 Å². The van der Waals surface area contributed by atoms with E-state index in [0.29, 0.717) is 0 Å². The molecule has 0 unspecified atom stereocenters. The SMILES string of the molecule is C=CC(=O)Cl.C=Cc1ccccc1. The van der Waals surface area contributed by atoms with Crippen LogP contribution in [-0.2, 0) is 4.79 Å². The molecule has 0 saturated heterocycles. The van der Waals surface area contributed by atoms with E-state index in [1.807, 2.05) is 36.4 Å². The maximum Gasteiger partial charge on any atom is 0.244 e. The van der Waals surface area contributed by atoms with Gasteiger partial charge in [-0.3, -0.25) is 4.79 Å². The van der Waals surface area contributed by atoms with Crippen molar-refractivity contribution in [2.24, 2.45) is 0 Å². The van der Waals surface area contributed by atoms with Crippen molar-refractivity contribution in [3.63, 3.8) is 0 Å². The Labute approximate surface area is 83.3 Å². The van der Waals surface area contributed by atoms with Crippen molar-refractivity contribution < 1.29 is 4.79 Å². The van der Waals surface area contributed by atoms with Gasteiger partial charge in [0.15, 0.2) is 0 Å². The third-order valence-electron chi connectivity index (χ3n) is 1.20. The Bertz CT molecular complexity index is 277. The second-order valence-corrected chi connectivity index (χ2v) is 2.50. The van der Waals surface area contributed by atoms with E-state index in [9.17, 15) is 4.79 Å². The van der Waals surface area contributed by atoms with Crippen molar-refractivity contribution in [2.45, 2.75) is 0 Å². The van der Waals surface area contributed by atoms with Crippen LogP contribution >= 0.6 is 11.6 Å². The van der Waals surface area contributed by atoms with Crippen LogP contribution < -0.4 is 0 Å². The fourth-order valence-electron chi connectivity index (χ4n) is 0.589. The zero-order chi connectivity index (χ0) is 10.1. The van der Waals surface area contributed by atoms with Crippen LogP contribution in [-0.4, -0.2) is 5.24 Å². The van der Waals surface area contributed by atoms with Gasteiger partial charge in [-0.2, -0.15) is 0 Å². The minimum atomic E-state index is -0.509. The predicted molar refractivity (Wildman–Crippen MR) is 57.6 cm³/mol. The molecule has 1 rings (SSSR count). The molecule has 68 valence electrons. The summed E-state index contributed by atoms with van der Waals surface area (Å²) in [5, 5.41) is -0.509.